The monoisotopic (exact) mass is 379 g/mol. The van der Waals surface area contributed by atoms with E-state index >= 15 is 0 Å². The third-order valence-electron chi connectivity index (χ3n) is 6.85. The van der Waals surface area contributed by atoms with Gasteiger partial charge in [-0.1, -0.05) is 30.3 Å². The first-order valence-electron chi connectivity index (χ1n) is 10.0. The number of rotatable bonds is 4. The molecule has 1 aromatic heterocycles. The highest BCUT2D eigenvalue weighted by Crippen LogP contribution is 2.52. The summed E-state index contributed by atoms with van der Waals surface area (Å²) >= 11 is 0. The summed E-state index contributed by atoms with van der Waals surface area (Å²) in [6, 6.07) is 14.5. The summed E-state index contributed by atoms with van der Waals surface area (Å²) in [7, 11) is 5.98. The van der Waals surface area contributed by atoms with E-state index in [1.807, 2.05) is 17.0 Å². The van der Waals surface area contributed by atoms with E-state index < -0.39 is 0 Å². The molecule has 5 nitrogen and oxygen atoms in total. The first-order valence-corrected chi connectivity index (χ1v) is 10.0. The smallest absolute Gasteiger partial charge is 0.228 e. The lowest BCUT2D eigenvalue weighted by Gasteiger charge is -2.48. The average molecular weight is 380 g/mol. The number of hydrogen-bond acceptors (Lipinski definition) is 4. The highest BCUT2D eigenvalue weighted by atomic mass is 16.5. The molecule has 1 saturated carbocycles. The summed E-state index contributed by atoms with van der Waals surface area (Å²) in [6.45, 7) is 0.734. The van der Waals surface area contributed by atoms with Crippen molar-refractivity contribution in [2.45, 2.75) is 37.6 Å². The molecule has 0 unspecified atom stereocenters. The first kappa shape index (κ1) is 18.9. The van der Waals surface area contributed by atoms with Crippen LogP contribution in [0.4, 0.5) is 5.82 Å². The summed E-state index contributed by atoms with van der Waals surface area (Å²) in [6.07, 6.45) is 6.53. The maximum absolute atomic E-state index is 12.9. The predicted molar refractivity (Wildman–Crippen MR) is 110 cm³/mol. The zero-order valence-electron chi connectivity index (χ0n) is 17.0. The Kier molecular flexibility index (Phi) is 4.88. The molecule has 1 aliphatic heterocycles. The molecular weight excluding hydrogens is 350 g/mol. The number of hydrogen-bond donors (Lipinski definition) is 0. The Bertz CT molecular complexity index is 842. The molecule has 1 aliphatic carbocycles. The Morgan fingerprint density at radius 3 is 2.39 bits per heavy atom. The molecule has 2 aromatic rings. The molecule has 5 heteroatoms. The van der Waals surface area contributed by atoms with E-state index in [0.29, 0.717) is 18.0 Å². The summed E-state index contributed by atoms with van der Waals surface area (Å²) < 4.78 is 5.44. The molecule has 148 valence electrons. The van der Waals surface area contributed by atoms with Crippen molar-refractivity contribution in [1.82, 2.24) is 9.88 Å². The van der Waals surface area contributed by atoms with Gasteiger partial charge in [0.1, 0.15) is 0 Å². The van der Waals surface area contributed by atoms with Gasteiger partial charge in [-0.3, -0.25) is 14.6 Å². The number of carbonyl (C=O) groups is 1. The third kappa shape index (κ3) is 3.08. The fourth-order valence-electron chi connectivity index (χ4n) is 5.10. The second-order valence-corrected chi connectivity index (χ2v) is 8.48. The van der Waals surface area contributed by atoms with Crippen LogP contribution in [-0.2, 0) is 10.3 Å². The van der Waals surface area contributed by atoms with Gasteiger partial charge >= 0.3 is 0 Å². The first-order chi connectivity index (χ1) is 13.5. The second-order valence-electron chi connectivity index (χ2n) is 8.48. The summed E-state index contributed by atoms with van der Waals surface area (Å²) in [5.41, 5.74) is 1.46. The third-order valence-corrected chi connectivity index (χ3v) is 6.85. The van der Waals surface area contributed by atoms with Crippen LogP contribution in [0.25, 0.3) is 0 Å². The van der Waals surface area contributed by atoms with Crippen LogP contribution in [0.15, 0.2) is 48.7 Å². The van der Waals surface area contributed by atoms with E-state index in [1.54, 1.807) is 13.3 Å². The Hall–Kier alpha value is -2.40. The minimum Gasteiger partial charge on any atom is -0.493 e. The molecule has 0 bridgehead atoms. The van der Waals surface area contributed by atoms with E-state index in [1.165, 1.54) is 5.56 Å². The van der Waals surface area contributed by atoms with Crippen molar-refractivity contribution in [3.63, 3.8) is 0 Å². The molecule has 1 aromatic carbocycles. The van der Waals surface area contributed by atoms with Crippen molar-refractivity contribution in [3.8, 4) is 5.75 Å². The average Bonchev–Trinajstić information content (AvgIpc) is 3.05. The van der Waals surface area contributed by atoms with E-state index in [4.69, 9.17) is 4.74 Å². The number of ether oxygens (including phenoxy) is 1. The van der Waals surface area contributed by atoms with Gasteiger partial charge in [-0.15, -0.1) is 0 Å². The maximum atomic E-state index is 12.9. The number of nitrogens with zero attached hydrogens (tertiary/aromatic N) is 3. The number of benzene rings is 1. The van der Waals surface area contributed by atoms with Crippen LogP contribution in [0.2, 0.25) is 0 Å². The lowest BCUT2D eigenvalue weighted by molar-refractivity contribution is -0.118. The number of amides is 1. The van der Waals surface area contributed by atoms with Crippen LogP contribution in [0.5, 0.6) is 5.75 Å². The Balaban J connectivity index is 1.57. The van der Waals surface area contributed by atoms with E-state index in [9.17, 15) is 4.79 Å². The summed E-state index contributed by atoms with van der Waals surface area (Å²) in [4.78, 5) is 21.5. The van der Waals surface area contributed by atoms with E-state index in [-0.39, 0.29) is 16.9 Å². The van der Waals surface area contributed by atoms with E-state index in [0.717, 1.165) is 32.2 Å². The normalized spacial score (nSPS) is 27.6. The van der Waals surface area contributed by atoms with Crippen molar-refractivity contribution in [3.05, 3.63) is 54.2 Å². The Labute approximate surface area is 167 Å². The SMILES string of the molecule is COc1cccnc1N1CC2(CCC(c3ccccc3)(N(C)C)CC2)CC1=O. The van der Waals surface area contributed by atoms with Crippen LogP contribution in [0.1, 0.15) is 37.7 Å². The van der Waals surface area contributed by atoms with Crippen molar-refractivity contribution < 1.29 is 9.53 Å². The summed E-state index contributed by atoms with van der Waals surface area (Å²) in [5.74, 6) is 1.48. The van der Waals surface area contributed by atoms with Gasteiger partial charge in [-0.25, -0.2) is 4.98 Å². The topological polar surface area (TPSA) is 45.7 Å². The van der Waals surface area contributed by atoms with Gasteiger partial charge in [-0.2, -0.15) is 0 Å². The predicted octanol–water partition coefficient (Wildman–Crippen LogP) is 3.84. The van der Waals surface area contributed by atoms with Gasteiger partial charge in [-0.05, 0) is 62.9 Å². The highest BCUT2D eigenvalue weighted by Gasteiger charge is 2.51. The van der Waals surface area contributed by atoms with Crippen molar-refractivity contribution in [2.75, 3.05) is 32.6 Å². The molecule has 4 rings (SSSR count). The molecule has 2 heterocycles. The molecule has 2 fully saturated rings. The number of carbonyl (C=O) groups excluding carboxylic acids is 1. The van der Waals surface area contributed by atoms with Gasteiger partial charge in [0, 0.05) is 24.7 Å². The fraction of sp³-hybridized carbons (Fsp3) is 0.478. The zero-order chi connectivity index (χ0) is 19.8. The van der Waals surface area contributed by atoms with Gasteiger partial charge in [0.05, 0.1) is 7.11 Å². The maximum Gasteiger partial charge on any atom is 0.228 e. The number of aromatic nitrogens is 1. The fourth-order valence-corrected chi connectivity index (χ4v) is 5.10. The number of pyridine rings is 1. The Morgan fingerprint density at radius 2 is 1.75 bits per heavy atom. The molecule has 28 heavy (non-hydrogen) atoms. The molecule has 0 N–H and O–H groups in total. The zero-order valence-corrected chi connectivity index (χ0v) is 17.0. The molecule has 0 radical (unpaired) electrons. The van der Waals surface area contributed by atoms with Crippen LogP contribution in [0.3, 0.4) is 0 Å². The minimum absolute atomic E-state index is 0.0356. The van der Waals surface area contributed by atoms with Gasteiger partial charge < -0.3 is 4.74 Å². The second kappa shape index (κ2) is 7.21. The van der Waals surface area contributed by atoms with Crippen LogP contribution in [0, 0.1) is 5.41 Å². The molecule has 1 spiro atoms. The van der Waals surface area contributed by atoms with E-state index in [2.05, 4.69) is 54.3 Å². The van der Waals surface area contributed by atoms with Crippen molar-refractivity contribution >= 4 is 11.7 Å². The van der Waals surface area contributed by atoms with Gasteiger partial charge in [0.25, 0.3) is 0 Å². The molecule has 1 amide bonds. The largest absolute Gasteiger partial charge is 0.493 e. The number of anilines is 1. The van der Waals surface area contributed by atoms with Crippen molar-refractivity contribution in [2.24, 2.45) is 5.41 Å². The minimum atomic E-state index is 0.0356. The quantitative estimate of drug-likeness (QED) is 0.810. The van der Waals surface area contributed by atoms with Gasteiger partial charge in [0.2, 0.25) is 5.91 Å². The van der Waals surface area contributed by atoms with Crippen LogP contribution >= 0.6 is 0 Å². The standard InChI is InChI=1S/C23H29N3O2/c1-25(2)23(18-8-5-4-6-9-18)13-11-22(12-14-23)16-20(27)26(17-22)21-19(28-3)10-7-15-24-21/h4-10,15H,11-14,16-17H2,1-3H3. The molecule has 1 saturated heterocycles. The lowest BCUT2D eigenvalue weighted by Crippen LogP contribution is -2.47. The Morgan fingerprint density at radius 1 is 1.04 bits per heavy atom. The molecular formula is C23H29N3O2. The molecule has 0 atom stereocenters. The number of methoxy groups -OCH3 is 1. The molecule has 2 aliphatic rings. The van der Waals surface area contributed by atoms with Crippen LogP contribution < -0.4 is 9.64 Å². The van der Waals surface area contributed by atoms with Crippen molar-refractivity contribution in [1.29, 1.82) is 0 Å². The summed E-state index contributed by atoms with van der Waals surface area (Å²) in [5, 5.41) is 0. The van der Waals surface area contributed by atoms with Crippen LogP contribution in [-0.4, -0.2) is 43.5 Å². The van der Waals surface area contributed by atoms with Gasteiger partial charge in [0.15, 0.2) is 11.6 Å². The lowest BCUT2D eigenvalue weighted by atomic mass is 9.64. The highest BCUT2D eigenvalue weighted by molar-refractivity contribution is 5.96.